The number of ether oxygens (including phenoxy) is 1. The Morgan fingerprint density at radius 1 is 1.47 bits per heavy atom. The molecule has 19 heavy (non-hydrogen) atoms. The Kier molecular flexibility index (Phi) is 5.08. The molecule has 0 unspecified atom stereocenters. The first-order valence-electron chi connectivity index (χ1n) is 5.35. The van der Waals surface area contributed by atoms with Crippen LogP contribution in [0.4, 0.5) is 5.82 Å². The third-order valence-electron chi connectivity index (χ3n) is 2.10. The Balaban J connectivity index is 2.29. The summed E-state index contributed by atoms with van der Waals surface area (Å²) in [5, 5.41) is 1.57. The molecule has 0 saturated carbocycles. The normalized spacial score (nSPS) is 10.5. The smallest absolute Gasteiger partial charge is 0.157 e. The van der Waals surface area contributed by atoms with Crippen molar-refractivity contribution in [3.63, 3.8) is 0 Å². The van der Waals surface area contributed by atoms with Crippen LogP contribution in [-0.2, 0) is 11.3 Å². The summed E-state index contributed by atoms with van der Waals surface area (Å²) in [7, 11) is 1.59. The standard InChI is InChI=1S/C11H12BrN5OS/c1-18-6-9-15-8(17-13)5-10(16-9)19-11-7(12)3-2-4-14-11/h2-5H,6,13H2,1H3,(H,15,16,17). The summed E-state index contributed by atoms with van der Waals surface area (Å²) in [4.78, 5) is 12.8. The number of hydrogen-bond acceptors (Lipinski definition) is 7. The van der Waals surface area contributed by atoms with Gasteiger partial charge < -0.3 is 10.2 Å². The van der Waals surface area contributed by atoms with Gasteiger partial charge in [0, 0.05) is 19.4 Å². The van der Waals surface area contributed by atoms with Crippen LogP contribution in [0.5, 0.6) is 0 Å². The minimum atomic E-state index is 0.326. The molecule has 0 atom stereocenters. The number of rotatable bonds is 5. The molecule has 0 fully saturated rings. The number of nitrogens with one attached hydrogen (secondary N) is 1. The molecule has 0 aromatic carbocycles. The van der Waals surface area contributed by atoms with Crippen LogP contribution in [-0.4, -0.2) is 22.1 Å². The van der Waals surface area contributed by atoms with Crippen molar-refractivity contribution in [1.29, 1.82) is 0 Å². The Morgan fingerprint density at radius 3 is 3.00 bits per heavy atom. The van der Waals surface area contributed by atoms with Crippen LogP contribution >= 0.6 is 27.7 Å². The third-order valence-corrected chi connectivity index (χ3v) is 3.94. The van der Waals surface area contributed by atoms with Crippen molar-refractivity contribution in [2.75, 3.05) is 12.5 Å². The Bertz CT molecular complexity index is 569. The lowest BCUT2D eigenvalue weighted by Crippen LogP contribution is -2.11. The molecule has 0 aliphatic heterocycles. The Morgan fingerprint density at radius 2 is 2.32 bits per heavy atom. The molecular weight excluding hydrogens is 330 g/mol. The maximum atomic E-state index is 5.39. The summed E-state index contributed by atoms with van der Waals surface area (Å²) in [6.45, 7) is 0.326. The predicted octanol–water partition coefficient (Wildman–Crippen LogP) is 2.22. The Labute approximate surface area is 123 Å². The van der Waals surface area contributed by atoms with Crippen molar-refractivity contribution in [3.05, 3.63) is 34.7 Å². The molecule has 2 aromatic heterocycles. The van der Waals surface area contributed by atoms with Crippen molar-refractivity contribution in [2.45, 2.75) is 16.7 Å². The number of pyridine rings is 1. The van der Waals surface area contributed by atoms with E-state index in [1.807, 2.05) is 12.1 Å². The second kappa shape index (κ2) is 6.80. The molecule has 0 saturated heterocycles. The zero-order valence-electron chi connectivity index (χ0n) is 10.1. The summed E-state index contributed by atoms with van der Waals surface area (Å²) in [6.07, 6.45) is 1.73. The van der Waals surface area contributed by atoms with Gasteiger partial charge >= 0.3 is 0 Å². The zero-order chi connectivity index (χ0) is 13.7. The maximum absolute atomic E-state index is 5.39. The van der Waals surface area contributed by atoms with Crippen LogP contribution in [0.1, 0.15) is 5.82 Å². The quantitative estimate of drug-likeness (QED) is 0.489. The average molecular weight is 342 g/mol. The van der Waals surface area contributed by atoms with Gasteiger partial charge in [0.15, 0.2) is 5.82 Å². The molecule has 0 amide bonds. The molecule has 0 aliphatic rings. The summed E-state index contributed by atoms with van der Waals surface area (Å²) < 4.78 is 5.94. The van der Waals surface area contributed by atoms with E-state index >= 15 is 0 Å². The highest BCUT2D eigenvalue weighted by molar-refractivity contribution is 9.10. The van der Waals surface area contributed by atoms with Crippen LogP contribution in [0.25, 0.3) is 0 Å². The molecule has 2 heterocycles. The fourth-order valence-corrected chi connectivity index (χ4v) is 2.63. The van der Waals surface area contributed by atoms with Crippen LogP contribution in [0.15, 0.2) is 38.9 Å². The van der Waals surface area contributed by atoms with Crippen molar-refractivity contribution < 1.29 is 4.74 Å². The molecule has 0 bridgehead atoms. The van der Waals surface area contributed by atoms with E-state index in [-0.39, 0.29) is 0 Å². The average Bonchev–Trinajstić information content (AvgIpc) is 2.41. The van der Waals surface area contributed by atoms with E-state index in [0.717, 1.165) is 14.5 Å². The number of nitrogen functional groups attached to an aromatic ring is 1. The van der Waals surface area contributed by atoms with Crippen LogP contribution < -0.4 is 11.3 Å². The van der Waals surface area contributed by atoms with Crippen LogP contribution in [0.2, 0.25) is 0 Å². The third kappa shape index (κ3) is 3.87. The van der Waals surface area contributed by atoms with E-state index in [1.54, 1.807) is 19.4 Å². The number of halogens is 1. The van der Waals surface area contributed by atoms with Gasteiger partial charge in [0.25, 0.3) is 0 Å². The van der Waals surface area contributed by atoms with E-state index in [9.17, 15) is 0 Å². The maximum Gasteiger partial charge on any atom is 0.157 e. The first kappa shape index (κ1) is 14.2. The lowest BCUT2D eigenvalue weighted by Gasteiger charge is -2.07. The van der Waals surface area contributed by atoms with Gasteiger partial charge in [-0.25, -0.2) is 20.8 Å². The highest BCUT2D eigenvalue weighted by Crippen LogP contribution is 2.31. The van der Waals surface area contributed by atoms with Crippen LogP contribution in [0, 0.1) is 0 Å². The topological polar surface area (TPSA) is 86.0 Å². The fraction of sp³-hybridized carbons (Fsp3) is 0.182. The molecule has 0 radical (unpaired) electrons. The summed E-state index contributed by atoms with van der Waals surface area (Å²) >= 11 is 4.87. The fourth-order valence-electron chi connectivity index (χ4n) is 1.34. The molecular formula is C11H12BrN5OS. The molecule has 8 heteroatoms. The molecule has 2 rings (SSSR count). The van der Waals surface area contributed by atoms with Gasteiger partial charge in [0.05, 0.1) is 4.47 Å². The molecule has 3 N–H and O–H groups in total. The van der Waals surface area contributed by atoms with E-state index in [4.69, 9.17) is 10.6 Å². The number of anilines is 1. The van der Waals surface area contributed by atoms with E-state index in [1.165, 1.54) is 11.8 Å². The SMILES string of the molecule is COCc1nc(NN)cc(Sc2ncccc2Br)n1. The summed E-state index contributed by atoms with van der Waals surface area (Å²) in [5.41, 5.74) is 2.51. The van der Waals surface area contributed by atoms with Crippen molar-refractivity contribution in [3.8, 4) is 0 Å². The van der Waals surface area contributed by atoms with E-state index in [2.05, 4.69) is 36.3 Å². The van der Waals surface area contributed by atoms with Gasteiger partial charge in [-0.15, -0.1) is 0 Å². The van der Waals surface area contributed by atoms with E-state index < -0.39 is 0 Å². The molecule has 0 spiro atoms. The molecule has 100 valence electrons. The Hall–Kier alpha value is -1.22. The van der Waals surface area contributed by atoms with Gasteiger partial charge in [-0.3, -0.25) is 0 Å². The number of hydrazine groups is 1. The minimum absolute atomic E-state index is 0.326. The highest BCUT2D eigenvalue weighted by atomic mass is 79.9. The summed E-state index contributed by atoms with van der Waals surface area (Å²) in [5.74, 6) is 6.49. The lowest BCUT2D eigenvalue weighted by molar-refractivity contribution is 0.177. The van der Waals surface area contributed by atoms with Crippen molar-refractivity contribution in [2.24, 2.45) is 5.84 Å². The van der Waals surface area contributed by atoms with Gasteiger partial charge in [0.2, 0.25) is 0 Å². The van der Waals surface area contributed by atoms with Crippen LogP contribution in [0.3, 0.4) is 0 Å². The zero-order valence-corrected chi connectivity index (χ0v) is 12.5. The number of hydrogen-bond donors (Lipinski definition) is 2. The number of methoxy groups -OCH3 is 1. The van der Waals surface area contributed by atoms with Crippen molar-refractivity contribution in [1.82, 2.24) is 15.0 Å². The second-order valence-corrected chi connectivity index (χ2v) is 5.34. The lowest BCUT2D eigenvalue weighted by atomic mass is 10.5. The van der Waals surface area contributed by atoms with Gasteiger partial charge in [-0.1, -0.05) is 0 Å². The van der Waals surface area contributed by atoms with Crippen molar-refractivity contribution >= 4 is 33.5 Å². The predicted molar refractivity (Wildman–Crippen MR) is 76.6 cm³/mol. The second-order valence-electron chi connectivity index (χ2n) is 3.48. The van der Waals surface area contributed by atoms with E-state index in [0.29, 0.717) is 18.2 Å². The number of aromatic nitrogens is 3. The van der Waals surface area contributed by atoms with Gasteiger partial charge in [-0.2, -0.15) is 0 Å². The monoisotopic (exact) mass is 341 g/mol. The molecule has 2 aromatic rings. The first-order valence-corrected chi connectivity index (χ1v) is 6.95. The highest BCUT2D eigenvalue weighted by Gasteiger charge is 2.08. The molecule has 6 nitrogen and oxygen atoms in total. The van der Waals surface area contributed by atoms with Gasteiger partial charge in [0.1, 0.15) is 22.5 Å². The first-order chi connectivity index (χ1) is 9.22. The largest absolute Gasteiger partial charge is 0.377 e. The molecule has 0 aliphatic carbocycles. The van der Waals surface area contributed by atoms with Gasteiger partial charge in [-0.05, 0) is 39.8 Å². The minimum Gasteiger partial charge on any atom is -0.377 e. The number of nitrogens with zero attached hydrogens (tertiary/aromatic N) is 3. The summed E-state index contributed by atoms with van der Waals surface area (Å²) in [6, 6.07) is 5.54. The number of nitrogens with two attached hydrogens (primary N) is 1.